The summed E-state index contributed by atoms with van der Waals surface area (Å²) in [4.78, 5) is 23.8. The number of benzene rings is 2. The number of rotatable bonds is 4. The number of aryl methyl sites for hydroxylation is 2. The molecule has 0 saturated carbocycles. The fourth-order valence-electron chi connectivity index (χ4n) is 2.09. The third-order valence-corrected chi connectivity index (χ3v) is 3.84. The third-order valence-electron chi connectivity index (χ3n) is 3.02. The molecule has 0 aliphatic heterocycles. The van der Waals surface area contributed by atoms with E-state index in [0.29, 0.717) is 16.3 Å². The van der Waals surface area contributed by atoms with E-state index in [0.717, 1.165) is 11.1 Å². The second-order valence-corrected chi connectivity index (χ2v) is 5.89. The summed E-state index contributed by atoms with van der Waals surface area (Å²) in [5.74, 6) is -1.05. The number of carbonyl (C=O) groups is 2. The highest BCUT2D eigenvalue weighted by atomic mass is 35.5. The van der Waals surface area contributed by atoms with E-state index in [-0.39, 0.29) is 5.02 Å². The lowest BCUT2D eigenvalue weighted by Gasteiger charge is -2.09. The van der Waals surface area contributed by atoms with E-state index in [1.54, 1.807) is 30.3 Å². The lowest BCUT2D eigenvalue weighted by molar-refractivity contribution is -0.119. The van der Waals surface area contributed by atoms with Crippen LogP contribution in [0.5, 0.6) is 0 Å². The molecule has 2 aromatic rings. The number of carbonyl (C=O) groups excluding carboxylic acids is 2. The summed E-state index contributed by atoms with van der Waals surface area (Å²) >= 11 is 11.8. The van der Waals surface area contributed by atoms with E-state index in [1.165, 1.54) is 0 Å². The summed E-state index contributed by atoms with van der Waals surface area (Å²) in [6.07, 6.45) is 0. The number of nitrogens with one attached hydrogen (secondary N) is 1. The van der Waals surface area contributed by atoms with Gasteiger partial charge in [-0.05, 0) is 38.1 Å². The Morgan fingerprint density at radius 1 is 1.09 bits per heavy atom. The van der Waals surface area contributed by atoms with Crippen LogP contribution in [-0.4, -0.2) is 18.5 Å². The van der Waals surface area contributed by atoms with Crippen molar-refractivity contribution in [3.8, 4) is 0 Å². The van der Waals surface area contributed by atoms with Gasteiger partial charge in [0.25, 0.3) is 5.91 Å². The number of hydrogen-bond acceptors (Lipinski definition) is 3. The first-order valence-corrected chi connectivity index (χ1v) is 7.61. The molecule has 0 atom stereocenters. The molecule has 0 bridgehead atoms. The fourth-order valence-corrected chi connectivity index (χ4v) is 2.44. The molecule has 1 N–H and O–H groups in total. The van der Waals surface area contributed by atoms with Crippen LogP contribution in [0.25, 0.3) is 0 Å². The molecule has 0 aromatic heterocycles. The summed E-state index contributed by atoms with van der Waals surface area (Å²) in [6, 6.07) is 10.2. The minimum Gasteiger partial charge on any atom is -0.452 e. The van der Waals surface area contributed by atoms with E-state index in [9.17, 15) is 9.59 Å². The number of halogens is 2. The van der Waals surface area contributed by atoms with Gasteiger partial charge in [0.05, 0.1) is 21.3 Å². The van der Waals surface area contributed by atoms with Crippen molar-refractivity contribution in [3.63, 3.8) is 0 Å². The maximum atomic E-state index is 12.0. The zero-order valence-corrected chi connectivity index (χ0v) is 14.2. The molecule has 0 unspecified atom stereocenters. The molecule has 4 nitrogen and oxygen atoms in total. The van der Waals surface area contributed by atoms with Crippen LogP contribution >= 0.6 is 23.2 Å². The highest BCUT2D eigenvalue weighted by molar-refractivity contribution is 6.44. The second-order valence-electron chi connectivity index (χ2n) is 5.10. The monoisotopic (exact) mass is 351 g/mol. The largest absolute Gasteiger partial charge is 0.452 e. The van der Waals surface area contributed by atoms with Crippen LogP contribution in [0.4, 0.5) is 5.69 Å². The quantitative estimate of drug-likeness (QED) is 0.830. The molecule has 0 saturated heterocycles. The van der Waals surface area contributed by atoms with Crippen molar-refractivity contribution in [2.45, 2.75) is 13.8 Å². The number of hydrogen-bond donors (Lipinski definition) is 1. The Morgan fingerprint density at radius 2 is 1.74 bits per heavy atom. The van der Waals surface area contributed by atoms with Crippen molar-refractivity contribution in [2.75, 3.05) is 11.9 Å². The van der Waals surface area contributed by atoms with Gasteiger partial charge < -0.3 is 10.1 Å². The van der Waals surface area contributed by atoms with E-state index in [4.69, 9.17) is 27.9 Å². The minimum absolute atomic E-state index is 0.239. The van der Waals surface area contributed by atoms with Crippen molar-refractivity contribution in [3.05, 3.63) is 63.1 Å². The SMILES string of the molecule is Cc1cc(C)cc(C(=O)OCC(=O)Nc2cccc(Cl)c2Cl)c1. The lowest BCUT2D eigenvalue weighted by atomic mass is 10.1. The van der Waals surface area contributed by atoms with E-state index < -0.39 is 18.5 Å². The van der Waals surface area contributed by atoms with Crippen molar-refractivity contribution < 1.29 is 14.3 Å². The smallest absolute Gasteiger partial charge is 0.338 e. The Balaban J connectivity index is 1.96. The zero-order chi connectivity index (χ0) is 17.0. The van der Waals surface area contributed by atoms with Gasteiger partial charge in [-0.1, -0.05) is 46.5 Å². The van der Waals surface area contributed by atoms with Crippen LogP contribution in [0.15, 0.2) is 36.4 Å². The zero-order valence-electron chi connectivity index (χ0n) is 12.7. The minimum atomic E-state index is -0.552. The molecule has 0 aliphatic carbocycles. The molecule has 0 aliphatic rings. The van der Waals surface area contributed by atoms with Crippen LogP contribution in [0.2, 0.25) is 10.0 Å². The maximum Gasteiger partial charge on any atom is 0.338 e. The van der Waals surface area contributed by atoms with Crippen LogP contribution in [0.1, 0.15) is 21.5 Å². The Kier molecular flexibility index (Phi) is 5.64. The number of esters is 1. The van der Waals surface area contributed by atoms with Crippen molar-refractivity contribution in [2.24, 2.45) is 0 Å². The van der Waals surface area contributed by atoms with Crippen LogP contribution < -0.4 is 5.32 Å². The Morgan fingerprint density at radius 3 is 2.39 bits per heavy atom. The lowest BCUT2D eigenvalue weighted by Crippen LogP contribution is -2.21. The molecule has 0 heterocycles. The van der Waals surface area contributed by atoms with Gasteiger partial charge in [-0.3, -0.25) is 4.79 Å². The first kappa shape index (κ1) is 17.3. The summed E-state index contributed by atoms with van der Waals surface area (Å²) < 4.78 is 5.02. The van der Waals surface area contributed by atoms with Crippen LogP contribution in [0.3, 0.4) is 0 Å². The summed E-state index contributed by atoms with van der Waals surface area (Å²) in [6.45, 7) is 3.37. The Bertz CT molecular complexity index is 739. The van der Waals surface area contributed by atoms with Crippen molar-refractivity contribution in [1.82, 2.24) is 0 Å². The van der Waals surface area contributed by atoms with Crippen molar-refractivity contribution >= 4 is 40.8 Å². The summed E-state index contributed by atoms with van der Waals surface area (Å²) in [5, 5.41) is 3.12. The Hall–Kier alpha value is -2.04. The number of ether oxygens (including phenoxy) is 1. The van der Waals surface area contributed by atoms with Gasteiger partial charge in [-0.25, -0.2) is 4.79 Å². The van der Waals surface area contributed by atoms with E-state index >= 15 is 0 Å². The molecular weight excluding hydrogens is 337 g/mol. The summed E-state index contributed by atoms with van der Waals surface area (Å²) in [7, 11) is 0. The normalized spacial score (nSPS) is 10.3. The predicted molar refractivity (Wildman–Crippen MR) is 91.3 cm³/mol. The van der Waals surface area contributed by atoms with Crippen LogP contribution in [0, 0.1) is 13.8 Å². The molecular formula is C17H15Cl2NO3. The molecule has 2 aromatic carbocycles. The van der Waals surface area contributed by atoms with Gasteiger partial charge in [-0.15, -0.1) is 0 Å². The van der Waals surface area contributed by atoms with E-state index in [1.807, 2.05) is 19.9 Å². The molecule has 0 radical (unpaired) electrons. The van der Waals surface area contributed by atoms with Crippen molar-refractivity contribution in [1.29, 1.82) is 0 Å². The number of amides is 1. The van der Waals surface area contributed by atoms with Gasteiger partial charge in [0.2, 0.25) is 0 Å². The van der Waals surface area contributed by atoms with Crippen LogP contribution in [-0.2, 0) is 9.53 Å². The maximum absolute atomic E-state index is 12.0. The average molecular weight is 352 g/mol. The molecule has 6 heteroatoms. The number of anilines is 1. The van der Waals surface area contributed by atoms with Gasteiger partial charge in [0.15, 0.2) is 6.61 Å². The topological polar surface area (TPSA) is 55.4 Å². The van der Waals surface area contributed by atoms with Gasteiger partial charge in [-0.2, -0.15) is 0 Å². The Labute approximate surface area is 144 Å². The predicted octanol–water partition coefficient (Wildman–Crippen LogP) is 4.41. The first-order chi connectivity index (χ1) is 10.9. The molecule has 23 heavy (non-hydrogen) atoms. The second kappa shape index (κ2) is 7.49. The standard InChI is InChI=1S/C17H15Cl2NO3/c1-10-6-11(2)8-12(7-10)17(22)23-9-15(21)20-14-5-3-4-13(18)16(14)19/h3-8H,9H2,1-2H3,(H,20,21). The fraction of sp³-hybridized carbons (Fsp3) is 0.176. The molecule has 0 fully saturated rings. The highest BCUT2D eigenvalue weighted by Gasteiger charge is 2.13. The van der Waals surface area contributed by atoms with Gasteiger partial charge in [0, 0.05) is 0 Å². The average Bonchev–Trinajstić information content (AvgIpc) is 2.48. The van der Waals surface area contributed by atoms with Gasteiger partial charge in [0.1, 0.15) is 0 Å². The summed E-state index contributed by atoms with van der Waals surface area (Å²) in [5.41, 5.74) is 2.68. The van der Waals surface area contributed by atoms with E-state index in [2.05, 4.69) is 5.32 Å². The molecule has 0 spiro atoms. The molecule has 1 amide bonds. The highest BCUT2D eigenvalue weighted by Crippen LogP contribution is 2.29. The molecule has 120 valence electrons. The first-order valence-electron chi connectivity index (χ1n) is 6.86. The molecule has 2 rings (SSSR count). The third kappa shape index (κ3) is 4.71. The van der Waals surface area contributed by atoms with Gasteiger partial charge >= 0.3 is 5.97 Å².